The van der Waals surface area contributed by atoms with Gasteiger partial charge in [-0.25, -0.2) is 0 Å². The molecule has 0 saturated heterocycles. The molecule has 0 aliphatic rings. The summed E-state index contributed by atoms with van der Waals surface area (Å²) < 4.78 is 17.0. The summed E-state index contributed by atoms with van der Waals surface area (Å²) in [6.07, 6.45) is 10.1. The number of hydrogen-bond acceptors (Lipinski definition) is 6. The van der Waals surface area contributed by atoms with Crippen molar-refractivity contribution in [2.75, 3.05) is 26.8 Å². The first kappa shape index (κ1) is 37.7. The summed E-state index contributed by atoms with van der Waals surface area (Å²) in [6.45, 7) is 20.4. The molecule has 0 bridgehead atoms. The highest BCUT2D eigenvalue weighted by atomic mass is 16.5. The van der Waals surface area contributed by atoms with E-state index in [1.807, 2.05) is 58.9 Å². The van der Waals surface area contributed by atoms with Crippen LogP contribution in [-0.2, 0) is 9.53 Å². The maximum Gasteiger partial charge on any atom is 0.243 e. The molecule has 1 heterocycles. The number of rotatable bonds is 16. The lowest BCUT2D eigenvalue weighted by Gasteiger charge is -2.30. The van der Waals surface area contributed by atoms with Crippen molar-refractivity contribution in [3.05, 3.63) is 65.7 Å². The molecule has 1 atom stereocenters. The standard InChI is InChI=1S/C28H40N2O5.C4H8.C2H6/c1-7-8-9-12-20(2)15-16-30-28(5,27(32)29-17-21(3)22(4)33-6)19-34-26-23-13-10-11-14-24(23)35-25(26)18-31;1-3-4-2;1-2/h10-14,18,30H,7-9,15-17,19H2,1-6H3,(H,29,32);3H,1,4H2,2H3;1-2H3/b20-12+,22-21-;;. The summed E-state index contributed by atoms with van der Waals surface area (Å²) >= 11 is 0. The predicted octanol–water partition coefficient (Wildman–Crippen LogP) is 8.16. The van der Waals surface area contributed by atoms with Gasteiger partial charge in [-0.15, -0.1) is 6.58 Å². The molecule has 2 aromatic rings. The van der Waals surface area contributed by atoms with E-state index >= 15 is 0 Å². The monoisotopic (exact) mass is 570 g/mol. The van der Waals surface area contributed by atoms with Crippen molar-refractivity contribution in [2.45, 2.75) is 93.0 Å². The van der Waals surface area contributed by atoms with Gasteiger partial charge in [0.25, 0.3) is 0 Å². The van der Waals surface area contributed by atoms with Gasteiger partial charge >= 0.3 is 0 Å². The lowest BCUT2D eigenvalue weighted by Crippen LogP contribution is -2.59. The van der Waals surface area contributed by atoms with Crippen LogP contribution in [0.5, 0.6) is 5.75 Å². The topological polar surface area (TPSA) is 89.8 Å². The molecule has 2 N–H and O–H groups in total. The maximum atomic E-state index is 13.3. The van der Waals surface area contributed by atoms with E-state index in [0.29, 0.717) is 36.1 Å². The van der Waals surface area contributed by atoms with Crippen molar-refractivity contribution < 1.29 is 23.5 Å². The Morgan fingerprint density at radius 3 is 2.39 bits per heavy atom. The van der Waals surface area contributed by atoms with Crippen LogP contribution in [0.15, 0.2) is 64.3 Å². The molecule has 0 saturated carbocycles. The Balaban J connectivity index is 0.00000244. The first-order chi connectivity index (χ1) is 19.7. The Morgan fingerprint density at radius 2 is 1.80 bits per heavy atom. The van der Waals surface area contributed by atoms with Crippen LogP contribution in [-0.4, -0.2) is 44.5 Å². The van der Waals surface area contributed by atoms with E-state index in [1.54, 1.807) is 13.2 Å². The minimum Gasteiger partial charge on any atom is -0.501 e. The molecule has 1 unspecified atom stereocenters. The number of carbonyl (C=O) groups excluding carboxylic acids is 2. The van der Waals surface area contributed by atoms with Gasteiger partial charge in [-0.05, 0) is 71.2 Å². The van der Waals surface area contributed by atoms with Gasteiger partial charge in [-0.1, -0.05) is 70.4 Å². The minimum absolute atomic E-state index is 0.0216. The van der Waals surface area contributed by atoms with Crippen molar-refractivity contribution in [3.8, 4) is 5.75 Å². The van der Waals surface area contributed by atoms with Gasteiger partial charge in [0, 0.05) is 6.54 Å². The normalized spacial score (nSPS) is 13.0. The van der Waals surface area contributed by atoms with Crippen LogP contribution in [0.1, 0.15) is 98.0 Å². The van der Waals surface area contributed by atoms with Crippen LogP contribution in [0.2, 0.25) is 0 Å². The third-order valence-electron chi connectivity index (χ3n) is 6.48. The van der Waals surface area contributed by atoms with Gasteiger partial charge in [-0.3, -0.25) is 9.59 Å². The Hall–Kier alpha value is -3.32. The highest BCUT2D eigenvalue weighted by Crippen LogP contribution is 2.32. The summed E-state index contributed by atoms with van der Waals surface area (Å²) in [5.74, 6) is 1.02. The smallest absolute Gasteiger partial charge is 0.243 e. The molecule has 41 heavy (non-hydrogen) atoms. The third-order valence-corrected chi connectivity index (χ3v) is 6.48. The first-order valence-corrected chi connectivity index (χ1v) is 14.8. The van der Waals surface area contributed by atoms with Crippen LogP contribution in [0, 0.1) is 0 Å². The molecule has 230 valence electrons. The number of amides is 1. The SMILES string of the molecule is C=CCC.CC.CCCC/C=C(\C)CCNC(C)(COc1c(C=O)oc2ccccc12)C(=O)NC/C(C)=C(/C)OC. The number of carbonyl (C=O) groups is 2. The quantitative estimate of drug-likeness (QED) is 0.0916. The molecule has 2 rings (SSSR count). The van der Waals surface area contributed by atoms with E-state index in [9.17, 15) is 9.59 Å². The number of fused-ring (bicyclic) bond motifs is 1. The summed E-state index contributed by atoms with van der Waals surface area (Å²) in [6, 6.07) is 7.29. The fourth-order valence-corrected chi connectivity index (χ4v) is 3.58. The van der Waals surface area contributed by atoms with E-state index < -0.39 is 5.54 Å². The summed E-state index contributed by atoms with van der Waals surface area (Å²) in [7, 11) is 1.61. The average Bonchev–Trinajstić information content (AvgIpc) is 3.37. The Morgan fingerprint density at radius 1 is 1.15 bits per heavy atom. The van der Waals surface area contributed by atoms with Gasteiger partial charge < -0.3 is 24.5 Å². The Bertz CT molecular complexity index is 1120. The molecular formula is C34H54N2O5. The number of allylic oxidation sites excluding steroid dienone is 3. The second-order valence-electron chi connectivity index (χ2n) is 9.82. The Labute approximate surface area is 248 Å². The van der Waals surface area contributed by atoms with Crippen LogP contribution >= 0.6 is 0 Å². The molecule has 0 radical (unpaired) electrons. The van der Waals surface area contributed by atoms with E-state index in [0.717, 1.165) is 30.6 Å². The van der Waals surface area contributed by atoms with Gasteiger partial charge in [-0.2, -0.15) is 0 Å². The molecular weight excluding hydrogens is 516 g/mol. The molecule has 0 aliphatic heterocycles. The molecule has 1 amide bonds. The second-order valence-corrected chi connectivity index (χ2v) is 9.82. The second kappa shape index (κ2) is 21.4. The highest BCUT2D eigenvalue weighted by Gasteiger charge is 2.34. The number of aldehydes is 1. The van der Waals surface area contributed by atoms with Crippen LogP contribution in [0.4, 0.5) is 0 Å². The number of furan rings is 1. The predicted molar refractivity (Wildman–Crippen MR) is 172 cm³/mol. The fraction of sp³-hybridized carbons (Fsp3) is 0.529. The van der Waals surface area contributed by atoms with E-state index in [2.05, 4.69) is 44.1 Å². The number of benzene rings is 1. The van der Waals surface area contributed by atoms with Crippen molar-refractivity contribution in [1.29, 1.82) is 0 Å². The maximum absolute atomic E-state index is 13.3. The van der Waals surface area contributed by atoms with Gasteiger partial charge in [0.1, 0.15) is 17.7 Å². The lowest BCUT2D eigenvalue weighted by atomic mass is 10.0. The number of hydrogen-bond donors (Lipinski definition) is 2. The number of ether oxygens (including phenoxy) is 2. The summed E-state index contributed by atoms with van der Waals surface area (Å²) in [4.78, 5) is 24.9. The minimum atomic E-state index is -1.04. The van der Waals surface area contributed by atoms with Crippen molar-refractivity contribution in [2.24, 2.45) is 0 Å². The molecule has 1 aromatic heterocycles. The van der Waals surface area contributed by atoms with E-state index in [4.69, 9.17) is 13.9 Å². The average molecular weight is 571 g/mol. The van der Waals surface area contributed by atoms with Gasteiger partial charge in [0.15, 0.2) is 12.0 Å². The van der Waals surface area contributed by atoms with Crippen LogP contribution in [0.25, 0.3) is 11.0 Å². The first-order valence-electron chi connectivity index (χ1n) is 14.8. The van der Waals surface area contributed by atoms with Crippen molar-refractivity contribution >= 4 is 23.2 Å². The van der Waals surface area contributed by atoms with Crippen LogP contribution < -0.4 is 15.4 Å². The zero-order chi connectivity index (χ0) is 31.3. The molecule has 0 aliphatic carbocycles. The van der Waals surface area contributed by atoms with Gasteiger partial charge in [0.2, 0.25) is 11.7 Å². The molecule has 7 nitrogen and oxygen atoms in total. The summed E-state index contributed by atoms with van der Waals surface area (Å²) in [5, 5.41) is 7.07. The van der Waals surface area contributed by atoms with Crippen molar-refractivity contribution in [1.82, 2.24) is 10.6 Å². The molecule has 7 heteroatoms. The fourth-order valence-electron chi connectivity index (χ4n) is 3.58. The van der Waals surface area contributed by atoms with E-state index in [1.165, 1.54) is 18.4 Å². The number of unbranched alkanes of at least 4 members (excludes halogenated alkanes) is 2. The third kappa shape index (κ3) is 13.3. The Kier molecular flexibility index (Phi) is 19.7. The molecule has 1 aromatic carbocycles. The molecule has 0 fully saturated rings. The zero-order valence-corrected chi connectivity index (χ0v) is 26.9. The lowest BCUT2D eigenvalue weighted by molar-refractivity contribution is -0.128. The van der Waals surface area contributed by atoms with Crippen LogP contribution in [0.3, 0.4) is 0 Å². The number of methoxy groups -OCH3 is 1. The summed E-state index contributed by atoms with van der Waals surface area (Å²) in [5.41, 5.74) is 1.74. The van der Waals surface area contributed by atoms with Crippen molar-refractivity contribution in [3.63, 3.8) is 0 Å². The van der Waals surface area contributed by atoms with Gasteiger partial charge in [0.05, 0.1) is 18.3 Å². The zero-order valence-electron chi connectivity index (χ0n) is 26.9. The molecule has 0 spiro atoms. The van der Waals surface area contributed by atoms with E-state index in [-0.39, 0.29) is 18.3 Å². The number of nitrogens with one attached hydrogen (secondary N) is 2. The number of para-hydroxylation sites is 1. The largest absolute Gasteiger partial charge is 0.501 e. The highest BCUT2D eigenvalue weighted by molar-refractivity contribution is 5.93.